The molecule has 1 aromatic carbocycles. The monoisotopic (exact) mass is 336 g/mol. The van der Waals surface area contributed by atoms with E-state index >= 15 is 0 Å². The Morgan fingerprint density at radius 3 is 2.70 bits per heavy atom. The molecule has 5 nitrogen and oxygen atoms in total. The van der Waals surface area contributed by atoms with Crippen molar-refractivity contribution in [3.63, 3.8) is 0 Å². The van der Waals surface area contributed by atoms with Crippen LogP contribution in [0.3, 0.4) is 0 Å². The summed E-state index contributed by atoms with van der Waals surface area (Å²) in [5.74, 6) is 0.0345. The minimum atomic E-state index is -1.01. The Morgan fingerprint density at radius 2 is 2.05 bits per heavy atom. The normalized spacial score (nSPS) is 10.6. The second-order valence-corrected chi connectivity index (χ2v) is 5.34. The van der Waals surface area contributed by atoms with E-state index in [9.17, 15) is 4.79 Å². The van der Waals surface area contributed by atoms with Gasteiger partial charge in [0.05, 0.1) is 15.7 Å². The summed E-state index contributed by atoms with van der Waals surface area (Å²) in [6, 6.07) is 6.32. The predicted octanol–water partition coefficient (Wildman–Crippen LogP) is 3.85. The third-order valence-electron chi connectivity index (χ3n) is 2.65. The van der Waals surface area contributed by atoms with Crippen LogP contribution in [0.25, 0.3) is 0 Å². The van der Waals surface area contributed by atoms with Gasteiger partial charge in [-0.3, -0.25) is 0 Å². The van der Waals surface area contributed by atoms with Crippen molar-refractivity contribution in [2.45, 2.75) is 19.8 Å². The first-order valence-corrected chi connectivity index (χ1v) is 6.79. The highest BCUT2D eigenvalue weighted by molar-refractivity contribution is 9.10. The molecule has 1 heterocycles. The molecule has 20 heavy (non-hydrogen) atoms. The Balaban J connectivity index is 2.32. The van der Waals surface area contributed by atoms with Crippen LogP contribution in [0.1, 0.15) is 35.8 Å². The van der Waals surface area contributed by atoms with E-state index in [0.29, 0.717) is 16.1 Å². The van der Waals surface area contributed by atoms with E-state index < -0.39 is 5.97 Å². The third kappa shape index (κ3) is 3.33. The zero-order valence-corrected chi connectivity index (χ0v) is 12.6. The molecular weight excluding hydrogens is 324 g/mol. The molecule has 0 atom stereocenters. The first-order valence-electron chi connectivity index (χ1n) is 6.00. The number of halogens is 1. The second-order valence-electron chi connectivity index (χ2n) is 4.49. The van der Waals surface area contributed by atoms with Crippen molar-refractivity contribution in [1.82, 2.24) is 9.97 Å². The van der Waals surface area contributed by atoms with Crippen molar-refractivity contribution < 1.29 is 14.6 Å². The van der Waals surface area contributed by atoms with E-state index in [4.69, 9.17) is 9.84 Å². The van der Waals surface area contributed by atoms with Crippen LogP contribution >= 0.6 is 15.9 Å². The number of carboxylic acids is 1. The SMILES string of the molecule is CC(C)c1cc(Oc2cc(C(=O)O)ccc2Br)ncn1. The summed E-state index contributed by atoms with van der Waals surface area (Å²) >= 11 is 3.32. The van der Waals surface area contributed by atoms with Crippen LogP contribution in [0.5, 0.6) is 11.6 Å². The Hall–Kier alpha value is -1.95. The lowest BCUT2D eigenvalue weighted by Gasteiger charge is -2.09. The number of aromatic nitrogens is 2. The Labute approximate surface area is 124 Å². The molecule has 2 rings (SSSR count). The molecule has 6 heteroatoms. The van der Waals surface area contributed by atoms with Crippen LogP contribution in [0, 0.1) is 0 Å². The molecule has 0 saturated carbocycles. The number of benzene rings is 1. The van der Waals surface area contributed by atoms with Gasteiger partial charge in [-0.1, -0.05) is 13.8 Å². The molecule has 0 amide bonds. The number of ether oxygens (including phenoxy) is 1. The van der Waals surface area contributed by atoms with Crippen molar-refractivity contribution in [1.29, 1.82) is 0 Å². The number of carboxylic acid groups (broad SMARTS) is 1. The van der Waals surface area contributed by atoms with Gasteiger partial charge in [0.25, 0.3) is 0 Å². The number of hydrogen-bond acceptors (Lipinski definition) is 4. The average molecular weight is 337 g/mol. The van der Waals surface area contributed by atoms with E-state index in [0.717, 1.165) is 5.69 Å². The number of rotatable bonds is 4. The lowest BCUT2D eigenvalue weighted by Crippen LogP contribution is -1.99. The van der Waals surface area contributed by atoms with Crippen LogP contribution in [0.15, 0.2) is 35.1 Å². The van der Waals surface area contributed by atoms with Crippen molar-refractivity contribution in [3.8, 4) is 11.6 Å². The summed E-state index contributed by atoms with van der Waals surface area (Å²) in [7, 11) is 0. The fraction of sp³-hybridized carbons (Fsp3) is 0.214. The van der Waals surface area contributed by atoms with E-state index in [-0.39, 0.29) is 11.5 Å². The molecule has 0 fully saturated rings. The van der Waals surface area contributed by atoms with Crippen LogP contribution in [-0.2, 0) is 0 Å². The number of aromatic carboxylic acids is 1. The summed E-state index contributed by atoms with van der Waals surface area (Å²) in [5, 5.41) is 8.99. The maximum Gasteiger partial charge on any atom is 0.335 e. The van der Waals surface area contributed by atoms with Gasteiger partial charge in [0.1, 0.15) is 12.1 Å². The predicted molar refractivity (Wildman–Crippen MR) is 77.3 cm³/mol. The molecule has 0 radical (unpaired) electrons. The molecule has 0 aliphatic rings. The number of carbonyl (C=O) groups is 1. The van der Waals surface area contributed by atoms with Gasteiger partial charge >= 0.3 is 5.97 Å². The molecule has 104 valence electrons. The van der Waals surface area contributed by atoms with E-state index in [2.05, 4.69) is 25.9 Å². The standard InChI is InChI=1S/C14H13BrN2O3/c1-8(2)11-6-13(17-7-16-11)20-12-5-9(14(18)19)3-4-10(12)15/h3-8H,1-2H3,(H,18,19). The van der Waals surface area contributed by atoms with Gasteiger partial charge in [0.2, 0.25) is 5.88 Å². The van der Waals surface area contributed by atoms with Crippen molar-refractivity contribution in [2.24, 2.45) is 0 Å². The molecule has 1 aromatic heterocycles. The number of nitrogens with zero attached hydrogens (tertiary/aromatic N) is 2. The minimum absolute atomic E-state index is 0.154. The van der Waals surface area contributed by atoms with Gasteiger partial charge in [-0.25, -0.2) is 14.8 Å². The maximum absolute atomic E-state index is 11.0. The lowest BCUT2D eigenvalue weighted by molar-refractivity contribution is 0.0696. The second kappa shape index (κ2) is 6.00. The Morgan fingerprint density at radius 1 is 1.30 bits per heavy atom. The molecule has 0 unspecified atom stereocenters. The van der Waals surface area contributed by atoms with Crippen LogP contribution in [0.4, 0.5) is 0 Å². The molecule has 0 saturated heterocycles. The van der Waals surface area contributed by atoms with E-state index in [1.807, 2.05) is 13.8 Å². The van der Waals surface area contributed by atoms with Crippen molar-refractivity contribution in [3.05, 3.63) is 46.3 Å². The summed E-state index contributed by atoms with van der Waals surface area (Å²) < 4.78 is 6.29. The zero-order valence-electron chi connectivity index (χ0n) is 11.0. The van der Waals surface area contributed by atoms with Gasteiger partial charge in [-0.15, -0.1) is 0 Å². The van der Waals surface area contributed by atoms with Crippen molar-refractivity contribution in [2.75, 3.05) is 0 Å². The molecule has 1 N–H and O–H groups in total. The van der Waals surface area contributed by atoms with Crippen LogP contribution < -0.4 is 4.74 Å². The zero-order chi connectivity index (χ0) is 14.7. The Kier molecular flexibility index (Phi) is 4.34. The largest absolute Gasteiger partial charge is 0.478 e. The molecular formula is C14H13BrN2O3. The Bertz CT molecular complexity index is 644. The fourth-order valence-corrected chi connectivity index (χ4v) is 1.88. The van der Waals surface area contributed by atoms with Crippen molar-refractivity contribution >= 4 is 21.9 Å². The summed E-state index contributed by atoms with van der Waals surface area (Å²) in [6.07, 6.45) is 1.43. The average Bonchev–Trinajstić information content (AvgIpc) is 2.41. The minimum Gasteiger partial charge on any atom is -0.478 e. The molecule has 0 aliphatic carbocycles. The molecule has 0 spiro atoms. The summed E-state index contributed by atoms with van der Waals surface area (Å²) in [6.45, 7) is 4.04. The summed E-state index contributed by atoms with van der Waals surface area (Å²) in [4.78, 5) is 19.1. The highest BCUT2D eigenvalue weighted by atomic mass is 79.9. The van der Waals surface area contributed by atoms with E-state index in [1.165, 1.54) is 18.5 Å². The smallest absolute Gasteiger partial charge is 0.335 e. The topological polar surface area (TPSA) is 72.3 Å². The van der Waals surface area contributed by atoms with Gasteiger partial charge < -0.3 is 9.84 Å². The number of hydrogen-bond donors (Lipinski definition) is 1. The molecule has 0 bridgehead atoms. The fourth-order valence-electron chi connectivity index (χ4n) is 1.55. The first kappa shape index (κ1) is 14.5. The van der Waals surface area contributed by atoms with Gasteiger partial charge in [-0.05, 0) is 40.0 Å². The summed E-state index contributed by atoms with van der Waals surface area (Å²) in [5.41, 5.74) is 1.02. The van der Waals surface area contributed by atoms with Gasteiger partial charge in [0.15, 0.2) is 0 Å². The molecule has 0 aliphatic heterocycles. The van der Waals surface area contributed by atoms with Gasteiger partial charge in [0, 0.05) is 6.07 Å². The third-order valence-corrected chi connectivity index (χ3v) is 3.30. The highest BCUT2D eigenvalue weighted by Crippen LogP contribution is 2.30. The lowest BCUT2D eigenvalue weighted by atomic mass is 10.1. The molecule has 2 aromatic rings. The van der Waals surface area contributed by atoms with Crippen LogP contribution in [-0.4, -0.2) is 21.0 Å². The first-order chi connectivity index (χ1) is 9.47. The quantitative estimate of drug-likeness (QED) is 0.917. The highest BCUT2D eigenvalue weighted by Gasteiger charge is 2.10. The van der Waals surface area contributed by atoms with Gasteiger partial charge in [-0.2, -0.15) is 0 Å². The van der Waals surface area contributed by atoms with E-state index in [1.54, 1.807) is 12.1 Å². The maximum atomic E-state index is 11.0. The van der Waals surface area contributed by atoms with Crippen LogP contribution in [0.2, 0.25) is 0 Å².